The maximum absolute atomic E-state index is 11.7. The van der Waals surface area contributed by atoms with E-state index in [1.165, 1.54) is 7.11 Å². The molecule has 0 fully saturated rings. The summed E-state index contributed by atoms with van der Waals surface area (Å²) in [5, 5.41) is 0. The van der Waals surface area contributed by atoms with Gasteiger partial charge in [0.2, 0.25) is 0 Å². The topological polar surface area (TPSA) is 65.5 Å². The van der Waals surface area contributed by atoms with Crippen molar-refractivity contribution in [3.63, 3.8) is 0 Å². The normalized spacial score (nSPS) is 24.4. The molecule has 4 nitrogen and oxygen atoms in total. The lowest BCUT2D eigenvalue weighted by atomic mass is 9.65. The van der Waals surface area contributed by atoms with Gasteiger partial charge in [-0.2, -0.15) is 0 Å². The number of fused-ring (bicyclic) bond motifs is 1. The first-order valence-corrected chi connectivity index (χ1v) is 6.53. The van der Waals surface area contributed by atoms with Crippen molar-refractivity contribution in [1.82, 2.24) is 0 Å². The van der Waals surface area contributed by atoms with Crippen LogP contribution >= 0.6 is 0 Å². The fraction of sp³-hybridized carbons (Fsp3) is 0.643. The molecule has 0 aromatic carbocycles. The van der Waals surface area contributed by atoms with E-state index in [1.54, 1.807) is 6.26 Å². The summed E-state index contributed by atoms with van der Waals surface area (Å²) in [6, 6.07) is 1.92. The summed E-state index contributed by atoms with van der Waals surface area (Å²) in [7, 11) is 1.42. The van der Waals surface area contributed by atoms with Gasteiger partial charge >= 0.3 is 5.97 Å². The van der Waals surface area contributed by atoms with Gasteiger partial charge in [-0.1, -0.05) is 6.92 Å². The van der Waals surface area contributed by atoms with E-state index in [2.05, 4.69) is 6.92 Å². The third-order valence-corrected chi connectivity index (χ3v) is 4.15. The van der Waals surface area contributed by atoms with Crippen LogP contribution in [0.1, 0.15) is 43.9 Å². The molecule has 1 aromatic heterocycles. The van der Waals surface area contributed by atoms with Crippen LogP contribution in [-0.4, -0.2) is 19.1 Å². The van der Waals surface area contributed by atoms with Crippen LogP contribution in [0.15, 0.2) is 16.7 Å². The predicted octanol–water partition coefficient (Wildman–Crippen LogP) is 2.15. The second-order valence-corrected chi connectivity index (χ2v) is 5.03. The number of nitrogens with two attached hydrogens (primary N) is 1. The highest BCUT2D eigenvalue weighted by atomic mass is 16.5. The molecule has 0 saturated heterocycles. The van der Waals surface area contributed by atoms with E-state index in [0.29, 0.717) is 6.42 Å². The van der Waals surface area contributed by atoms with Gasteiger partial charge in [-0.25, -0.2) is 0 Å². The Bertz CT molecular complexity index is 426. The largest absolute Gasteiger partial charge is 0.469 e. The molecular weight excluding hydrogens is 230 g/mol. The van der Waals surface area contributed by atoms with E-state index in [1.807, 2.05) is 6.07 Å². The van der Waals surface area contributed by atoms with Crippen LogP contribution in [0, 0.1) is 0 Å². The number of methoxy groups -OCH3 is 1. The zero-order chi connectivity index (χ0) is 13.2. The number of aryl methyl sites for hydroxylation is 1. The zero-order valence-electron chi connectivity index (χ0n) is 11.1. The number of furan rings is 1. The van der Waals surface area contributed by atoms with Crippen molar-refractivity contribution in [2.75, 3.05) is 7.11 Å². The molecule has 0 radical (unpaired) electrons. The monoisotopic (exact) mass is 251 g/mol. The van der Waals surface area contributed by atoms with Gasteiger partial charge in [0.25, 0.3) is 0 Å². The number of hydrogen-bond donors (Lipinski definition) is 1. The van der Waals surface area contributed by atoms with Crippen molar-refractivity contribution < 1.29 is 13.9 Å². The maximum atomic E-state index is 11.7. The van der Waals surface area contributed by atoms with Gasteiger partial charge in [-0.3, -0.25) is 4.79 Å². The van der Waals surface area contributed by atoms with Crippen LogP contribution in [0.3, 0.4) is 0 Å². The number of rotatable bonds is 4. The fourth-order valence-electron chi connectivity index (χ4n) is 3.10. The number of ether oxygens (including phenoxy) is 1. The Balaban J connectivity index is 2.41. The Hall–Kier alpha value is -1.29. The van der Waals surface area contributed by atoms with Gasteiger partial charge in [0.1, 0.15) is 5.76 Å². The Morgan fingerprint density at radius 1 is 1.67 bits per heavy atom. The van der Waals surface area contributed by atoms with E-state index in [0.717, 1.165) is 37.0 Å². The second-order valence-electron chi connectivity index (χ2n) is 5.03. The van der Waals surface area contributed by atoms with Gasteiger partial charge in [-0.05, 0) is 25.3 Å². The molecular formula is C14H21NO3. The molecule has 1 aromatic rings. The Morgan fingerprint density at radius 3 is 3.11 bits per heavy atom. The summed E-state index contributed by atoms with van der Waals surface area (Å²) in [5.41, 5.74) is 7.10. The quantitative estimate of drug-likeness (QED) is 0.833. The molecule has 0 saturated carbocycles. The van der Waals surface area contributed by atoms with Gasteiger partial charge in [0.15, 0.2) is 0 Å². The molecule has 0 bridgehead atoms. The van der Waals surface area contributed by atoms with Crippen LogP contribution in [0.5, 0.6) is 0 Å². The molecule has 2 atom stereocenters. The maximum Gasteiger partial charge on any atom is 0.306 e. The second kappa shape index (κ2) is 5.14. The molecule has 1 heterocycles. The van der Waals surface area contributed by atoms with Crippen LogP contribution in [0.4, 0.5) is 0 Å². The molecule has 18 heavy (non-hydrogen) atoms. The predicted molar refractivity (Wildman–Crippen MR) is 68.2 cm³/mol. The first-order valence-electron chi connectivity index (χ1n) is 6.53. The number of carbonyl (C=O) groups is 1. The van der Waals surface area contributed by atoms with Gasteiger partial charge in [-0.15, -0.1) is 0 Å². The third-order valence-electron chi connectivity index (χ3n) is 4.15. The lowest BCUT2D eigenvalue weighted by molar-refractivity contribution is -0.142. The minimum Gasteiger partial charge on any atom is -0.469 e. The Kier molecular flexibility index (Phi) is 3.76. The summed E-state index contributed by atoms with van der Waals surface area (Å²) in [5.74, 6) is 0.780. The number of esters is 1. The molecule has 4 heteroatoms. The van der Waals surface area contributed by atoms with Gasteiger partial charge in [0, 0.05) is 23.4 Å². The summed E-state index contributed by atoms with van der Waals surface area (Å²) in [6.07, 6.45) is 5.73. The molecule has 0 aliphatic heterocycles. The van der Waals surface area contributed by atoms with Gasteiger partial charge < -0.3 is 14.9 Å². The first-order chi connectivity index (χ1) is 8.64. The van der Waals surface area contributed by atoms with Crippen LogP contribution in [0.2, 0.25) is 0 Å². The molecule has 1 aliphatic carbocycles. The van der Waals surface area contributed by atoms with Gasteiger partial charge in [0.05, 0.1) is 19.8 Å². The fourth-order valence-corrected chi connectivity index (χ4v) is 3.10. The highest BCUT2D eigenvalue weighted by Gasteiger charge is 2.44. The van der Waals surface area contributed by atoms with Crippen LogP contribution in [0.25, 0.3) is 0 Å². The lowest BCUT2D eigenvalue weighted by Gasteiger charge is -2.40. The average molecular weight is 251 g/mol. The summed E-state index contributed by atoms with van der Waals surface area (Å²) >= 11 is 0. The average Bonchev–Trinajstić information content (AvgIpc) is 2.87. The third kappa shape index (κ3) is 2.05. The van der Waals surface area contributed by atoms with Crippen molar-refractivity contribution in [1.29, 1.82) is 0 Å². The smallest absolute Gasteiger partial charge is 0.306 e. The highest BCUT2D eigenvalue weighted by molar-refractivity contribution is 5.72. The molecule has 2 N–H and O–H groups in total. The van der Waals surface area contributed by atoms with Crippen molar-refractivity contribution in [2.24, 2.45) is 5.73 Å². The molecule has 0 spiro atoms. The molecule has 100 valence electrons. The minimum absolute atomic E-state index is 0.0479. The van der Waals surface area contributed by atoms with E-state index in [-0.39, 0.29) is 17.4 Å². The Labute approximate surface area is 107 Å². The van der Waals surface area contributed by atoms with E-state index >= 15 is 0 Å². The molecule has 2 rings (SSSR count). The molecule has 0 amide bonds. The standard InChI is InChI=1S/C14H21NO3/c1-3-12(15)14(9-13(16)17-2)7-4-5-11-10(14)6-8-18-11/h6,8,12H,3-5,7,9,15H2,1-2H3. The molecule has 1 aliphatic rings. The van der Waals surface area contributed by atoms with Crippen molar-refractivity contribution >= 4 is 5.97 Å². The first kappa shape index (κ1) is 13.1. The summed E-state index contributed by atoms with van der Waals surface area (Å²) < 4.78 is 10.4. The SMILES string of the molecule is CCC(N)C1(CC(=O)OC)CCCc2occc21. The summed E-state index contributed by atoms with van der Waals surface area (Å²) in [4.78, 5) is 11.7. The van der Waals surface area contributed by atoms with Crippen LogP contribution in [-0.2, 0) is 21.4 Å². The van der Waals surface area contributed by atoms with Crippen molar-refractivity contribution in [2.45, 2.75) is 50.5 Å². The molecule has 2 unspecified atom stereocenters. The lowest BCUT2D eigenvalue weighted by Crippen LogP contribution is -2.48. The minimum atomic E-state index is -0.317. The van der Waals surface area contributed by atoms with Crippen molar-refractivity contribution in [3.8, 4) is 0 Å². The van der Waals surface area contributed by atoms with Crippen molar-refractivity contribution in [3.05, 3.63) is 23.7 Å². The number of hydrogen-bond acceptors (Lipinski definition) is 4. The van der Waals surface area contributed by atoms with Crippen LogP contribution < -0.4 is 5.73 Å². The van der Waals surface area contributed by atoms with E-state index in [9.17, 15) is 4.79 Å². The Morgan fingerprint density at radius 2 is 2.44 bits per heavy atom. The highest BCUT2D eigenvalue weighted by Crippen LogP contribution is 2.43. The summed E-state index contributed by atoms with van der Waals surface area (Å²) in [6.45, 7) is 2.05. The van der Waals surface area contributed by atoms with E-state index in [4.69, 9.17) is 14.9 Å². The number of carbonyl (C=O) groups excluding carboxylic acids is 1. The van der Waals surface area contributed by atoms with E-state index < -0.39 is 0 Å². The zero-order valence-corrected chi connectivity index (χ0v) is 11.1.